The topological polar surface area (TPSA) is 172 Å². The van der Waals surface area contributed by atoms with Crippen LogP contribution in [0.5, 0.6) is 0 Å². The Morgan fingerprint density at radius 1 is 0.877 bits per heavy atom. The molecule has 1 aromatic heterocycles. The van der Waals surface area contributed by atoms with Crippen molar-refractivity contribution < 1.29 is 38.2 Å². The molecule has 15 nitrogen and oxygen atoms in total. The van der Waals surface area contributed by atoms with Gasteiger partial charge in [-0.1, -0.05) is 102 Å². The van der Waals surface area contributed by atoms with Gasteiger partial charge >= 0.3 is 6.09 Å². The second-order valence-electron chi connectivity index (χ2n) is 17.8. The molecule has 17 heteroatoms. The number of nitrogens with one attached hydrogen (secondary N) is 3. The van der Waals surface area contributed by atoms with Crippen LogP contribution in [0.1, 0.15) is 92.7 Å². The minimum atomic E-state index is -0.782. The Bertz CT molecular complexity index is 1780. The molecule has 3 N–H and O–H groups in total. The molecule has 364 valence electrons. The molecular weight excluding hydrogens is 867 g/mol. The van der Waals surface area contributed by atoms with Gasteiger partial charge in [0.1, 0.15) is 17.2 Å². The number of likely N-dealkylation sites (N-methyl/N-ethyl adjacent to an activating group) is 2. The molecular formula is C48H77N7O8S2. The number of amides is 5. The maximum absolute atomic E-state index is 14.4. The van der Waals surface area contributed by atoms with Crippen molar-refractivity contribution in [2.75, 3.05) is 54.2 Å². The van der Waals surface area contributed by atoms with E-state index in [9.17, 15) is 24.0 Å². The molecule has 1 aliphatic heterocycles. The molecule has 0 radical (unpaired) electrons. The summed E-state index contributed by atoms with van der Waals surface area (Å²) >= 11 is 0. The maximum Gasteiger partial charge on any atom is 0.410 e. The number of benzene rings is 1. The maximum atomic E-state index is 14.4. The number of methoxy groups -OCH3 is 2. The summed E-state index contributed by atoms with van der Waals surface area (Å²) in [5, 5.41) is 10.0. The lowest BCUT2D eigenvalue weighted by Gasteiger charge is -2.41. The van der Waals surface area contributed by atoms with Gasteiger partial charge in [0, 0.05) is 53.4 Å². The molecule has 65 heavy (non-hydrogen) atoms. The first-order chi connectivity index (χ1) is 30.9. The lowest BCUT2D eigenvalue weighted by molar-refractivity contribution is -0.148. The molecule has 0 spiro atoms. The van der Waals surface area contributed by atoms with Crippen molar-refractivity contribution in [1.82, 2.24) is 35.6 Å². The molecule has 0 bridgehead atoms. The smallest absolute Gasteiger partial charge is 0.410 e. The summed E-state index contributed by atoms with van der Waals surface area (Å²) in [6.45, 7) is 16.3. The first kappa shape index (κ1) is 55.4. The predicted molar refractivity (Wildman–Crippen MR) is 259 cm³/mol. The van der Waals surface area contributed by atoms with Crippen LogP contribution >= 0.6 is 21.6 Å². The van der Waals surface area contributed by atoms with Crippen molar-refractivity contribution in [3.63, 3.8) is 0 Å². The van der Waals surface area contributed by atoms with E-state index in [1.54, 1.807) is 79.9 Å². The quantitative estimate of drug-likeness (QED) is 0.0698. The van der Waals surface area contributed by atoms with E-state index in [-0.39, 0.29) is 47.8 Å². The molecule has 1 aliphatic rings. The van der Waals surface area contributed by atoms with Crippen molar-refractivity contribution in [2.45, 2.75) is 135 Å². The van der Waals surface area contributed by atoms with E-state index in [4.69, 9.17) is 14.2 Å². The largest absolute Gasteiger partial charge is 0.439 e. The lowest BCUT2D eigenvalue weighted by Crippen LogP contribution is -2.59. The van der Waals surface area contributed by atoms with Crippen LogP contribution in [0.15, 0.2) is 59.8 Å². The zero-order chi connectivity index (χ0) is 48.4. The standard InChI is InChI=1S/C48H77N7O8S2/c1-14-32(6)42(54(11)47(59)41(31(4)5)52-46(58)40(49-9)30(2)3)37(61-12)29-39(56)55-26-20-23-36(55)43(62-13)33(7)45(57)51-34(8)44(35-21-16-15-17-22-35)63-48(60)53(10)27-28-64-65-38-24-18-19-25-50-38/h15-19,21-22,24-25,30-34,36-37,40-44,49H,14,20,23,26-29H2,1-13H3,(H,51,57)(H,52,58)/t32-,33+,34+,36-,37+,40-,41-,42-,43+,44-/m0/s1. The summed E-state index contributed by atoms with van der Waals surface area (Å²) in [4.78, 5) is 78.8. The van der Waals surface area contributed by atoms with Gasteiger partial charge in [-0.3, -0.25) is 19.2 Å². The molecule has 5 amide bonds. The highest BCUT2D eigenvalue weighted by molar-refractivity contribution is 8.76. The minimum absolute atomic E-state index is 0.00187. The number of likely N-dealkylation sites (tertiary alicyclic amines) is 1. The number of carbonyl (C=O) groups is 5. The normalized spacial score (nSPS) is 18.1. The van der Waals surface area contributed by atoms with Crippen molar-refractivity contribution in [1.29, 1.82) is 0 Å². The van der Waals surface area contributed by atoms with E-state index in [1.807, 2.05) is 97.0 Å². The highest BCUT2D eigenvalue weighted by Crippen LogP contribution is 2.31. The molecule has 10 atom stereocenters. The fourth-order valence-corrected chi connectivity index (χ4v) is 10.5. The molecule has 0 unspecified atom stereocenters. The lowest BCUT2D eigenvalue weighted by atomic mass is 9.89. The van der Waals surface area contributed by atoms with Gasteiger partial charge in [0.15, 0.2) is 0 Å². The third-order valence-corrected chi connectivity index (χ3v) is 14.8. The van der Waals surface area contributed by atoms with Gasteiger partial charge in [0.25, 0.3) is 0 Å². The fourth-order valence-electron chi connectivity index (χ4n) is 8.54. The first-order valence-electron chi connectivity index (χ1n) is 23.0. The van der Waals surface area contributed by atoms with E-state index in [0.717, 1.165) is 23.4 Å². The number of pyridine rings is 1. The zero-order valence-electron chi connectivity index (χ0n) is 40.9. The third kappa shape index (κ3) is 15.9. The van der Waals surface area contributed by atoms with Crippen LogP contribution in [0.25, 0.3) is 0 Å². The Hall–Kier alpha value is -3.90. The van der Waals surface area contributed by atoms with Crippen molar-refractivity contribution in [3.8, 4) is 0 Å². The second kappa shape index (κ2) is 27.7. The van der Waals surface area contributed by atoms with Crippen LogP contribution in [-0.4, -0.2) is 146 Å². The van der Waals surface area contributed by atoms with Gasteiger partial charge in [-0.2, -0.15) is 0 Å². The van der Waals surface area contributed by atoms with E-state index in [1.165, 1.54) is 4.90 Å². The van der Waals surface area contributed by atoms with E-state index >= 15 is 0 Å². The van der Waals surface area contributed by atoms with E-state index < -0.39 is 60.5 Å². The number of ether oxygens (including phenoxy) is 3. The Kier molecular flexibility index (Phi) is 23.6. The first-order valence-corrected chi connectivity index (χ1v) is 25.3. The number of hydrogen-bond acceptors (Lipinski definition) is 12. The molecule has 2 heterocycles. The summed E-state index contributed by atoms with van der Waals surface area (Å²) < 4.78 is 18.2. The van der Waals surface area contributed by atoms with Crippen LogP contribution < -0.4 is 16.0 Å². The van der Waals surface area contributed by atoms with Crippen molar-refractivity contribution in [2.24, 2.45) is 23.7 Å². The van der Waals surface area contributed by atoms with Crippen LogP contribution in [0.3, 0.4) is 0 Å². The summed E-state index contributed by atoms with van der Waals surface area (Å²) in [6.07, 6.45) is 1.24. The summed E-state index contributed by atoms with van der Waals surface area (Å²) in [7, 11) is 11.4. The highest BCUT2D eigenvalue weighted by atomic mass is 33.1. The summed E-state index contributed by atoms with van der Waals surface area (Å²) in [5.74, 6) is -1.20. The Morgan fingerprint density at radius 2 is 1.54 bits per heavy atom. The van der Waals surface area contributed by atoms with Gasteiger partial charge in [0.2, 0.25) is 23.6 Å². The Morgan fingerprint density at radius 3 is 2.11 bits per heavy atom. The van der Waals surface area contributed by atoms with Gasteiger partial charge < -0.3 is 44.9 Å². The Balaban J connectivity index is 1.73. The molecule has 0 saturated carbocycles. The van der Waals surface area contributed by atoms with Crippen LogP contribution in [0.4, 0.5) is 4.79 Å². The molecule has 1 saturated heterocycles. The zero-order valence-corrected chi connectivity index (χ0v) is 42.6. The van der Waals surface area contributed by atoms with Gasteiger partial charge in [-0.25, -0.2) is 9.78 Å². The van der Waals surface area contributed by atoms with Crippen LogP contribution in [0.2, 0.25) is 0 Å². The van der Waals surface area contributed by atoms with Gasteiger partial charge in [0.05, 0.1) is 48.7 Å². The number of aromatic nitrogens is 1. The fraction of sp³-hybridized carbons (Fsp3) is 0.667. The number of carbonyl (C=O) groups excluding carboxylic acids is 5. The summed E-state index contributed by atoms with van der Waals surface area (Å²) in [5.41, 5.74) is 0.736. The molecule has 2 aromatic rings. The third-order valence-electron chi connectivity index (χ3n) is 12.5. The van der Waals surface area contributed by atoms with Crippen LogP contribution in [0, 0.1) is 23.7 Å². The number of rotatable bonds is 26. The monoisotopic (exact) mass is 944 g/mol. The van der Waals surface area contributed by atoms with Crippen molar-refractivity contribution >= 4 is 51.3 Å². The second-order valence-corrected chi connectivity index (χ2v) is 20.3. The van der Waals surface area contributed by atoms with E-state index in [0.29, 0.717) is 25.3 Å². The Labute approximate surface area is 396 Å². The predicted octanol–water partition coefficient (Wildman–Crippen LogP) is 6.44. The minimum Gasteiger partial charge on any atom is -0.439 e. The van der Waals surface area contributed by atoms with Gasteiger partial charge in [-0.15, -0.1) is 0 Å². The van der Waals surface area contributed by atoms with Crippen molar-refractivity contribution in [3.05, 3.63) is 60.3 Å². The molecule has 3 rings (SSSR count). The van der Waals surface area contributed by atoms with Gasteiger partial charge in [-0.05, 0) is 73.1 Å². The molecule has 1 fully saturated rings. The molecule has 1 aromatic carbocycles. The number of hydrogen-bond donors (Lipinski definition) is 3. The number of nitrogens with zero attached hydrogens (tertiary/aromatic N) is 4. The average molecular weight is 944 g/mol. The summed E-state index contributed by atoms with van der Waals surface area (Å²) in [6, 6.07) is 12.3. The average Bonchev–Trinajstić information content (AvgIpc) is 3.78. The SMILES string of the molecule is CC[C@H](C)[C@@H]([C@@H](CC(=O)N1CCC[C@H]1[C@H](OC)[C@@H](C)C(=O)N[C@H](C)[C@H](OC(=O)N(C)CCSSc1ccccn1)c1ccccc1)OC)N(C)C(=O)[C@@H](NC(=O)[C@@H](NC)C(C)C)C(C)C. The van der Waals surface area contributed by atoms with Crippen LogP contribution in [-0.2, 0) is 33.4 Å². The van der Waals surface area contributed by atoms with E-state index in [2.05, 4.69) is 20.9 Å². The molecule has 0 aliphatic carbocycles. The highest BCUT2D eigenvalue weighted by Gasteiger charge is 2.43.